The van der Waals surface area contributed by atoms with E-state index in [1.807, 2.05) is 36.7 Å². The Morgan fingerprint density at radius 1 is 1.26 bits per heavy atom. The summed E-state index contributed by atoms with van der Waals surface area (Å²) in [5.41, 5.74) is 1.17. The Hall–Kier alpha value is -1.04. The molecule has 0 spiro atoms. The number of hydrogen-bond donors (Lipinski definition) is 1. The fourth-order valence-corrected chi connectivity index (χ4v) is 3.09. The van der Waals surface area contributed by atoms with Gasteiger partial charge < -0.3 is 14.8 Å². The van der Waals surface area contributed by atoms with Crippen LogP contribution in [-0.4, -0.2) is 14.2 Å². The maximum absolute atomic E-state index is 5.82. The van der Waals surface area contributed by atoms with Gasteiger partial charge in [-0.15, -0.1) is 11.3 Å². The van der Waals surface area contributed by atoms with Gasteiger partial charge in [0.25, 0.3) is 0 Å². The van der Waals surface area contributed by atoms with Gasteiger partial charge in [0.2, 0.25) is 0 Å². The number of benzene rings is 1. The van der Waals surface area contributed by atoms with Gasteiger partial charge >= 0.3 is 0 Å². The Labute approximate surface area is 125 Å². The molecule has 102 valence electrons. The van der Waals surface area contributed by atoms with Crippen molar-refractivity contribution >= 4 is 27.3 Å². The maximum Gasteiger partial charge on any atom is 0.161 e. The summed E-state index contributed by atoms with van der Waals surface area (Å²) in [6.07, 6.45) is 0. The predicted octanol–water partition coefficient (Wildman–Crippen LogP) is 3.82. The molecule has 0 fully saturated rings. The molecule has 1 heterocycles. The van der Waals surface area contributed by atoms with Crippen molar-refractivity contribution in [2.45, 2.75) is 13.2 Å². The van der Waals surface area contributed by atoms with Gasteiger partial charge in [0.05, 0.1) is 12.0 Å². The molecule has 0 amide bonds. The lowest BCUT2D eigenvalue weighted by Gasteiger charge is -2.12. The van der Waals surface area contributed by atoms with E-state index in [1.54, 1.807) is 18.4 Å². The molecule has 5 heteroatoms. The van der Waals surface area contributed by atoms with Crippen molar-refractivity contribution in [1.82, 2.24) is 5.32 Å². The second-order valence-electron chi connectivity index (χ2n) is 4.00. The van der Waals surface area contributed by atoms with E-state index in [-0.39, 0.29) is 0 Å². The number of nitrogens with one attached hydrogen (secondary N) is 1. The summed E-state index contributed by atoms with van der Waals surface area (Å²) < 4.78 is 12.3. The first-order chi connectivity index (χ1) is 9.24. The van der Waals surface area contributed by atoms with Crippen molar-refractivity contribution in [3.8, 4) is 11.5 Å². The topological polar surface area (TPSA) is 30.5 Å². The van der Waals surface area contributed by atoms with E-state index >= 15 is 0 Å². The van der Waals surface area contributed by atoms with E-state index in [4.69, 9.17) is 9.47 Å². The van der Waals surface area contributed by atoms with E-state index < -0.39 is 0 Å². The molecule has 0 aliphatic carbocycles. The molecular weight excluding hydrogens is 326 g/mol. The SMILES string of the molecule is CNCc1ccc(OCc2sccc2Br)c(OC)c1. The van der Waals surface area contributed by atoms with Crippen LogP contribution < -0.4 is 14.8 Å². The Morgan fingerprint density at radius 2 is 2.11 bits per heavy atom. The van der Waals surface area contributed by atoms with Crippen LogP contribution >= 0.6 is 27.3 Å². The van der Waals surface area contributed by atoms with E-state index in [0.29, 0.717) is 6.61 Å². The second-order valence-corrected chi connectivity index (χ2v) is 5.85. The summed E-state index contributed by atoms with van der Waals surface area (Å²) in [4.78, 5) is 1.17. The lowest BCUT2D eigenvalue weighted by molar-refractivity contribution is 0.286. The van der Waals surface area contributed by atoms with Crippen molar-refractivity contribution in [1.29, 1.82) is 0 Å². The van der Waals surface area contributed by atoms with Crippen molar-refractivity contribution < 1.29 is 9.47 Å². The van der Waals surface area contributed by atoms with Crippen LogP contribution in [0.5, 0.6) is 11.5 Å². The van der Waals surface area contributed by atoms with Gasteiger partial charge in [-0.1, -0.05) is 6.07 Å². The highest BCUT2D eigenvalue weighted by molar-refractivity contribution is 9.10. The van der Waals surface area contributed by atoms with Gasteiger partial charge in [-0.05, 0) is 52.1 Å². The summed E-state index contributed by atoms with van der Waals surface area (Å²) in [5, 5.41) is 5.15. The van der Waals surface area contributed by atoms with Crippen LogP contribution in [0, 0.1) is 0 Å². The highest BCUT2D eigenvalue weighted by Crippen LogP contribution is 2.30. The van der Waals surface area contributed by atoms with Gasteiger partial charge in [0.15, 0.2) is 11.5 Å². The first-order valence-corrected chi connectivity index (χ1v) is 7.58. The third kappa shape index (κ3) is 3.72. The molecule has 1 aromatic heterocycles. The average Bonchev–Trinajstić information content (AvgIpc) is 2.83. The van der Waals surface area contributed by atoms with Crippen LogP contribution in [0.4, 0.5) is 0 Å². The maximum atomic E-state index is 5.82. The standard InChI is InChI=1S/C14H16BrNO2S/c1-16-8-10-3-4-12(13(7-10)17-2)18-9-14-11(15)5-6-19-14/h3-7,16H,8-9H2,1-2H3. The van der Waals surface area contributed by atoms with Crippen LogP contribution in [0.2, 0.25) is 0 Å². The van der Waals surface area contributed by atoms with Crippen molar-refractivity contribution in [2.24, 2.45) is 0 Å². The zero-order valence-corrected chi connectivity index (χ0v) is 13.3. The minimum atomic E-state index is 0.542. The molecule has 2 aromatic rings. The fourth-order valence-electron chi connectivity index (χ4n) is 1.72. The average molecular weight is 342 g/mol. The van der Waals surface area contributed by atoms with Crippen LogP contribution in [0.1, 0.15) is 10.4 Å². The molecule has 0 aliphatic rings. The van der Waals surface area contributed by atoms with Crippen molar-refractivity contribution in [3.63, 3.8) is 0 Å². The molecule has 0 aliphatic heterocycles. The lowest BCUT2D eigenvalue weighted by Crippen LogP contribution is -2.05. The molecule has 1 N–H and O–H groups in total. The summed E-state index contributed by atoms with van der Waals surface area (Å²) in [7, 11) is 3.58. The number of thiophene rings is 1. The van der Waals surface area contributed by atoms with Gasteiger partial charge in [-0.3, -0.25) is 0 Å². The van der Waals surface area contributed by atoms with Crippen molar-refractivity contribution in [3.05, 3.63) is 44.6 Å². The number of halogens is 1. The first-order valence-electron chi connectivity index (χ1n) is 5.90. The lowest BCUT2D eigenvalue weighted by atomic mass is 10.2. The number of hydrogen-bond acceptors (Lipinski definition) is 4. The second kappa shape index (κ2) is 6.93. The quantitative estimate of drug-likeness (QED) is 0.866. The molecule has 19 heavy (non-hydrogen) atoms. The third-order valence-corrected chi connectivity index (χ3v) is 4.56. The van der Waals surface area contributed by atoms with Crippen LogP contribution in [0.3, 0.4) is 0 Å². The summed E-state index contributed by atoms with van der Waals surface area (Å²) in [6, 6.07) is 8.01. The molecule has 3 nitrogen and oxygen atoms in total. The minimum absolute atomic E-state index is 0.542. The van der Waals surface area contributed by atoms with Gasteiger partial charge in [-0.2, -0.15) is 0 Å². The number of methoxy groups -OCH3 is 1. The monoisotopic (exact) mass is 341 g/mol. The normalized spacial score (nSPS) is 10.5. The summed E-state index contributed by atoms with van der Waals surface area (Å²) >= 11 is 5.17. The molecule has 0 atom stereocenters. The van der Waals surface area contributed by atoms with E-state index in [2.05, 4.69) is 21.2 Å². The van der Waals surface area contributed by atoms with Gasteiger partial charge in [0.1, 0.15) is 6.61 Å². The Morgan fingerprint density at radius 3 is 2.74 bits per heavy atom. The molecule has 2 rings (SSSR count). The predicted molar refractivity (Wildman–Crippen MR) is 82.1 cm³/mol. The third-order valence-electron chi connectivity index (χ3n) is 2.66. The largest absolute Gasteiger partial charge is 0.493 e. The Balaban J connectivity index is 2.09. The molecule has 0 bridgehead atoms. The van der Waals surface area contributed by atoms with Crippen molar-refractivity contribution in [2.75, 3.05) is 14.2 Å². The molecule has 1 aromatic carbocycles. The smallest absolute Gasteiger partial charge is 0.161 e. The van der Waals surface area contributed by atoms with Crippen LogP contribution in [-0.2, 0) is 13.2 Å². The van der Waals surface area contributed by atoms with E-state index in [1.165, 1.54) is 10.4 Å². The Bertz CT molecular complexity index is 542. The van der Waals surface area contributed by atoms with Gasteiger partial charge in [-0.25, -0.2) is 0 Å². The molecular formula is C14H16BrNO2S. The molecule has 0 radical (unpaired) electrons. The van der Waals surface area contributed by atoms with Crippen LogP contribution in [0.25, 0.3) is 0 Å². The zero-order valence-electron chi connectivity index (χ0n) is 10.9. The zero-order chi connectivity index (χ0) is 13.7. The molecule has 0 saturated heterocycles. The van der Waals surface area contributed by atoms with E-state index in [0.717, 1.165) is 22.5 Å². The summed E-state index contributed by atoms with van der Waals surface area (Å²) in [5.74, 6) is 1.53. The minimum Gasteiger partial charge on any atom is -0.493 e. The Kier molecular flexibility index (Phi) is 5.24. The highest BCUT2D eigenvalue weighted by atomic mass is 79.9. The molecule has 0 saturated carbocycles. The number of rotatable bonds is 6. The van der Waals surface area contributed by atoms with Crippen LogP contribution in [0.15, 0.2) is 34.1 Å². The summed E-state index contributed by atoms with van der Waals surface area (Å²) in [6.45, 7) is 1.35. The molecule has 0 unspecified atom stereocenters. The fraction of sp³-hybridized carbons (Fsp3) is 0.286. The van der Waals surface area contributed by atoms with Gasteiger partial charge in [0, 0.05) is 11.0 Å². The highest BCUT2D eigenvalue weighted by Gasteiger charge is 2.08. The first kappa shape index (κ1) is 14.4. The number of ether oxygens (including phenoxy) is 2. The van der Waals surface area contributed by atoms with E-state index in [9.17, 15) is 0 Å².